The Hall–Kier alpha value is -1.19. The summed E-state index contributed by atoms with van der Waals surface area (Å²) in [6, 6.07) is 0.232. The van der Waals surface area contributed by atoms with Crippen molar-refractivity contribution in [2.45, 2.75) is 44.8 Å². The van der Waals surface area contributed by atoms with Gasteiger partial charge in [-0.15, -0.1) is 10.2 Å². The minimum absolute atomic E-state index is 0.232. The van der Waals surface area contributed by atoms with E-state index in [4.69, 9.17) is 5.11 Å². The molecule has 0 radical (unpaired) electrons. The number of likely N-dealkylation sites (tertiary alicyclic amines) is 1. The second-order valence-electron chi connectivity index (χ2n) is 5.94. The first-order chi connectivity index (χ1) is 10.4. The van der Waals surface area contributed by atoms with Crippen molar-refractivity contribution in [3.63, 3.8) is 0 Å². The molecule has 9 heteroatoms. The van der Waals surface area contributed by atoms with Gasteiger partial charge in [0, 0.05) is 45.2 Å². The lowest BCUT2D eigenvalue weighted by atomic mass is 10.1. The predicted octanol–water partition coefficient (Wildman–Crippen LogP) is 0.263. The topological polar surface area (TPSA) is 57.4 Å². The first-order valence-electron chi connectivity index (χ1n) is 7.50. The summed E-state index contributed by atoms with van der Waals surface area (Å²) in [5.41, 5.74) is 0. The van der Waals surface area contributed by atoms with Crippen molar-refractivity contribution in [3.05, 3.63) is 11.6 Å². The van der Waals surface area contributed by atoms with Gasteiger partial charge in [-0.2, -0.15) is 13.2 Å². The third-order valence-corrected chi connectivity index (χ3v) is 4.44. The highest BCUT2D eigenvalue weighted by atomic mass is 19.4. The molecule has 0 unspecified atom stereocenters. The second-order valence-corrected chi connectivity index (χ2v) is 5.94. The van der Waals surface area contributed by atoms with Crippen molar-refractivity contribution in [3.8, 4) is 0 Å². The van der Waals surface area contributed by atoms with E-state index < -0.39 is 12.3 Å². The number of β-amino-alcohol motifs (C(OH)–C–C–N with tert-alkyl or cyclic N) is 1. The summed E-state index contributed by atoms with van der Waals surface area (Å²) in [4.78, 5) is 3.87. The lowest BCUT2D eigenvalue weighted by Crippen LogP contribution is -2.62. The fourth-order valence-corrected chi connectivity index (χ4v) is 3.08. The van der Waals surface area contributed by atoms with Gasteiger partial charge < -0.3 is 9.67 Å². The van der Waals surface area contributed by atoms with E-state index in [0.29, 0.717) is 19.6 Å². The average molecular weight is 319 g/mol. The number of nitrogens with zero attached hydrogens (tertiary/aromatic N) is 5. The molecule has 0 aliphatic carbocycles. The predicted molar refractivity (Wildman–Crippen MR) is 72.1 cm³/mol. The molecule has 2 aliphatic heterocycles. The van der Waals surface area contributed by atoms with Crippen molar-refractivity contribution in [2.75, 3.05) is 26.2 Å². The normalized spacial score (nSPS) is 22.4. The molecular formula is C13H20F3N5O. The number of hydrogen-bond acceptors (Lipinski definition) is 5. The maximum absolute atomic E-state index is 12.3. The van der Waals surface area contributed by atoms with E-state index in [-0.39, 0.29) is 12.6 Å². The van der Waals surface area contributed by atoms with E-state index in [2.05, 4.69) is 19.7 Å². The summed E-state index contributed by atoms with van der Waals surface area (Å²) in [5, 5.41) is 17.4. The maximum atomic E-state index is 12.3. The van der Waals surface area contributed by atoms with E-state index in [1.165, 1.54) is 0 Å². The number of aliphatic hydroxyl groups excluding tert-OH is 1. The monoisotopic (exact) mass is 319 g/mol. The highest BCUT2D eigenvalue weighted by molar-refractivity contribution is 5.01. The number of hydrogen-bond donors (Lipinski definition) is 1. The van der Waals surface area contributed by atoms with Crippen LogP contribution in [0.2, 0.25) is 0 Å². The zero-order valence-electron chi connectivity index (χ0n) is 12.4. The Kier molecular flexibility index (Phi) is 4.13. The molecule has 22 heavy (non-hydrogen) atoms. The zero-order chi connectivity index (χ0) is 15.9. The number of fused-ring (bicyclic) bond motifs is 1. The lowest BCUT2D eigenvalue weighted by Gasteiger charge is -2.47. The van der Waals surface area contributed by atoms with E-state index in [1.807, 2.05) is 6.92 Å². The van der Waals surface area contributed by atoms with Gasteiger partial charge in [-0.1, -0.05) is 6.92 Å². The third kappa shape index (κ3) is 2.97. The highest BCUT2D eigenvalue weighted by Crippen LogP contribution is 2.25. The molecule has 124 valence electrons. The number of aryl methyl sites for hydroxylation is 1. The van der Waals surface area contributed by atoms with Crippen LogP contribution in [0.4, 0.5) is 13.2 Å². The fourth-order valence-electron chi connectivity index (χ4n) is 3.08. The largest absolute Gasteiger partial charge is 0.415 e. The van der Waals surface area contributed by atoms with Gasteiger partial charge in [0.1, 0.15) is 11.6 Å². The molecule has 1 atom stereocenters. The summed E-state index contributed by atoms with van der Waals surface area (Å²) < 4.78 is 39.1. The standard InChI is InChI=1S/C13H20F3N5O/c1-2-11-17-18-12-8-20(3-4-21(11)12)9-5-19(6-9)7-10(22)13(14,15)16/h9-10,22H,2-8H2,1H3/t10-/m1/s1. The first kappa shape index (κ1) is 15.7. The van der Waals surface area contributed by atoms with Gasteiger partial charge in [0.05, 0.1) is 6.54 Å². The molecule has 1 saturated heterocycles. The van der Waals surface area contributed by atoms with Crippen LogP contribution in [0.25, 0.3) is 0 Å². The molecule has 0 aromatic carbocycles. The van der Waals surface area contributed by atoms with Crippen molar-refractivity contribution >= 4 is 0 Å². The minimum Gasteiger partial charge on any atom is -0.382 e. The Morgan fingerprint density at radius 1 is 1.27 bits per heavy atom. The Bertz CT molecular complexity index is 526. The number of alkyl halides is 3. The molecule has 6 nitrogen and oxygen atoms in total. The van der Waals surface area contributed by atoms with Gasteiger partial charge in [-0.3, -0.25) is 9.80 Å². The molecule has 1 N–H and O–H groups in total. The minimum atomic E-state index is -4.54. The van der Waals surface area contributed by atoms with Crippen molar-refractivity contribution < 1.29 is 18.3 Å². The average Bonchev–Trinajstić information content (AvgIpc) is 2.82. The Labute approximate surface area is 126 Å². The van der Waals surface area contributed by atoms with E-state index >= 15 is 0 Å². The third-order valence-electron chi connectivity index (χ3n) is 4.44. The van der Waals surface area contributed by atoms with Crippen LogP contribution in [0, 0.1) is 0 Å². The Morgan fingerprint density at radius 3 is 2.64 bits per heavy atom. The van der Waals surface area contributed by atoms with E-state index in [0.717, 1.165) is 31.2 Å². The van der Waals surface area contributed by atoms with Crippen LogP contribution < -0.4 is 0 Å². The molecule has 3 heterocycles. The Balaban J connectivity index is 1.50. The van der Waals surface area contributed by atoms with E-state index in [9.17, 15) is 13.2 Å². The van der Waals surface area contributed by atoms with Crippen LogP contribution in [0.3, 0.4) is 0 Å². The SMILES string of the molecule is CCc1nnc2n1CCN(C1CN(C[C@@H](O)C(F)(F)F)C1)C2. The molecule has 3 rings (SSSR count). The van der Waals surface area contributed by atoms with Crippen LogP contribution in [0.5, 0.6) is 0 Å². The van der Waals surface area contributed by atoms with Crippen molar-refractivity contribution in [2.24, 2.45) is 0 Å². The number of halogens is 3. The van der Waals surface area contributed by atoms with Gasteiger partial charge in [-0.05, 0) is 0 Å². The Morgan fingerprint density at radius 2 is 2.00 bits per heavy atom. The summed E-state index contributed by atoms with van der Waals surface area (Å²) in [6.45, 7) is 5.19. The van der Waals surface area contributed by atoms with Crippen molar-refractivity contribution in [1.82, 2.24) is 24.6 Å². The van der Waals surface area contributed by atoms with Crippen LogP contribution in [-0.4, -0.2) is 74.2 Å². The molecule has 0 amide bonds. The van der Waals surface area contributed by atoms with Crippen LogP contribution in [0.15, 0.2) is 0 Å². The van der Waals surface area contributed by atoms with Gasteiger partial charge in [0.2, 0.25) is 0 Å². The van der Waals surface area contributed by atoms with Gasteiger partial charge in [0.15, 0.2) is 6.10 Å². The zero-order valence-corrected chi connectivity index (χ0v) is 12.4. The lowest BCUT2D eigenvalue weighted by molar-refractivity contribution is -0.212. The quantitative estimate of drug-likeness (QED) is 0.863. The smallest absolute Gasteiger partial charge is 0.382 e. The van der Waals surface area contributed by atoms with Crippen LogP contribution in [0.1, 0.15) is 18.6 Å². The van der Waals surface area contributed by atoms with Crippen molar-refractivity contribution in [1.29, 1.82) is 0 Å². The summed E-state index contributed by atoms with van der Waals surface area (Å²) in [6.07, 6.45) is -5.95. The molecular weight excluding hydrogens is 299 g/mol. The summed E-state index contributed by atoms with van der Waals surface area (Å²) in [5.74, 6) is 1.91. The number of aromatic nitrogens is 3. The van der Waals surface area contributed by atoms with Gasteiger partial charge in [-0.25, -0.2) is 0 Å². The molecule has 1 fully saturated rings. The van der Waals surface area contributed by atoms with E-state index in [1.54, 1.807) is 4.90 Å². The molecule has 2 aliphatic rings. The van der Waals surface area contributed by atoms with Gasteiger partial charge in [0.25, 0.3) is 0 Å². The maximum Gasteiger partial charge on any atom is 0.415 e. The molecule has 1 aromatic heterocycles. The fraction of sp³-hybridized carbons (Fsp3) is 0.846. The van der Waals surface area contributed by atoms with Crippen LogP contribution >= 0.6 is 0 Å². The summed E-state index contributed by atoms with van der Waals surface area (Å²) >= 11 is 0. The molecule has 0 saturated carbocycles. The second kappa shape index (κ2) is 5.78. The molecule has 1 aromatic rings. The molecule has 0 bridgehead atoms. The highest BCUT2D eigenvalue weighted by Gasteiger charge is 2.42. The number of rotatable bonds is 4. The summed E-state index contributed by atoms with van der Waals surface area (Å²) in [7, 11) is 0. The molecule has 0 spiro atoms. The first-order valence-corrected chi connectivity index (χ1v) is 7.50. The van der Waals surface area contributed by atoms with Crippen LogP contribution in [-0.2, 0) is 19.5 Å². The number of aliphatic hydroxyl groups is 1. The van der Waals surface area contributed by atoms with Gasteiger partial charge >= 0.3 is 6.18 Å².